The molecule has 0 saturated carbocycles. The van der Waals surface area contributed by atoms with Gasteiger partial charge in [-0.15, -0.1) is 0 Å². The van der Waals surface area contributed by atoms with Crippen molar-refractivity contribution in [2.45, 2.75) is 26.4 Å². The van der Waals surface area contributed by atoms with Crippen LogP contribution in [0.3, 0.4) is 0 Å². The summed E-state index contributed by atoms with van der Waals surface area (Å²) in [6.45, 7) is 5.85. The van der Waals surface area contributed by atoms with Gasteiger partial charge in [0, 0.05) is 0 Å². The maximum Gasteiger partial charge on any atom is 0.352 e. The van der Waals surface area contributed by atoms with Crippen molar-refractivity contribution in [3.63, 3.8) is 0 Å². The molecule has 1 heterocycles. The molecule has 0 atom stereocenters. The largest absolute Gasteiger partial charge is 0.390 e. The third-order valence-corrected chi connectivity index (χ3v) is 1.42. The van der Waals surface area contributed by atoms with Crippen LogP contribution in [0.2, 0.25) is 0 Å². The number of hydrazine groups is 1. The Morgan fingerprint density at radius 1 is 1.67 bits per heavy atom. The van der Waals surface area contributed by atoms with Crippen LogP contribution < -0.4 is 11.3 Å². The van der Waals surface area contributed by atoms with E-state index in [4.69, 9.17) is 10.7 Å². The molecule has 0 bridgehead atoms. The third-order valence-electron chi connectivity index (χ3n) is 1.42. The molecule has 3 N–H and O–H groups in total. The molecule has 0 aromatic carbocycles. The van der Waals surface area contributed by atoms with E-state index in [2.05, 4.69) is 15.7 Å². The summed E-state index contributed by atoms with van der Waals surface area (Å²) in [5.74, 6) is 5.36. The van der Waals surface area contributed by atoms with Crippen LogP contribution in [0.1, 0.15) is 20.8 Å². The molecule has 0 saturated heterocycles. The summed E-state index contributed by atoms with van der Waals surface area (Å²) in [6, 6.07) is -0.441. The Kier molecular flexibility index (Phi) is 3.25. The van der Waals surface area contributed by atoms with E-state index in [1.165, 1.54) is 6.21 Å². The number of hydrogen-bond donors (Lipinski definition) is 2. The highest BCUT2D eigenvalue weighted by atomic mass is 16.6. The Bertz CT molecular complexity index is 305. The zero-order valence-electron chi connectivity index (χ0n) is 9.02. The van der Waals surface area contributed by atoms with Crippen molar-refractivity contribution >= 4 is 18.0 Å². The van der Waals surface area contributed by atoms with Crippen LogP contribution in [0.25, 0.3) is 0 Å². The smallest absolute Gasteiger partial charge is 0.352 e. The molecule has 7 heteroatoms. The lowest BCUT2D eigenvalue weighted by molar-refractivity contribution is 0.00218. The first kappa shape index (κ1) is 11.4. The monoisotopic (exact) mass is 213 g/mol. The summed E-state index contributed by atoms with van der Waals surface area (Å²) in [6.07, 6.45) is 1.42. The van der Waals surface area contributed by atoms with Gasteiger partial charge in [-0.3, -0.25) is 5.01 Å². The van der Waals surface area contributed by atoms with Crippen LogP contribution in [-0.2, 0) is 4.84 Å². The van der Waals surface area contributed by atoms with Gasteiger partial charge in [0.1, 0.15) is 11.3 Å². The van der Waals surface area contributed by atoms with Gasteiger partial charge >= 0.3 is 6.03 Å². The molecule has 1 aliphatic rings. The van der Waals surface area contributed by atoms with Crippen molar-refractivity contribution in [3.8, 4) is 0 Å². The van der Waals surface area contributed by atoms with Crippen molar-refractivity contribution in [1.29, 1.82) is 0 Å². The van der Waals surface area contributed by atoms with E-state index in [1.807, 2.05) is 20.8 Å². The topological polar surface area (TPSA) is 92.3 Å². The second-order valence-corrected chi connectivity index (χ2v) is 4.09. The van der Waals surface area contributed by atoms with Crippen molar-refractivity contribution < 1.29 is 9.63 Å². The highest BCUT2D eigenvalue weighted by molar-refractivity contribution is 6.32. The Hall–Kier alpha value is -1.63. The van der Waals surface area contributed by atoms with Gasteiger partial charge in [-0.2, -0.15) is 5.10 Å². The minimum Gasteiger partial charge on any atom is -0.390 e. The number of carbonyl (C=O) groups is 1. The van der Waals surface area contributed by atoms with Crippen molar-refractivity contribution in [2.24, 2.45) is 16.1 Å². The molecule has 7 nitrogen and oxygen atoms in total. The third kappa shape index (κ3) is 3.94. The molecule has 0 aliphatic carbocycles. The number of rotatable bonds is 2. The maximum atomic E-state index is 10.9. The zero-order valence-corrected chi connectivity index (χ0v) is 9.02. The quantitative estimate of drug-likeness (QED) is 0.293. The molecule has 84 valence electrons. The van der Waals surface area contributed by atoms with E-state index in [-0.39, 0.29) is 12.1 Å². The summed E-state index contributed by atoms with van der Waals surface area (Å²) in [5.41, 5.74) is 2.41. The lowest BCUT2D eigenvalue weighted by atomic mass is 10.2. The van der Waals surface area contributed by atoms with Crippen LogP contribution >= 0.6 is 0 Å². The second-order valence-electron chi connectivity index (χ2n) is 4.09. The van der Waals surface area contributed by atoms with Gasteiger partial charge in [0.2, 0.25) is 0 Å². The Labute approximate surface area is 87.9 Å². The van der Waals surface area contributed by atoms with E-state index >= 15 is 0 Å². The number of hydrogen-bond acceptors (Lipinski definition) is 5. The summed E-state index contributed by atoms with van der Waals surface area (Å²) in [4.78, 5) is 16.0. The van der Waals surface area contributed by atoms with Gasteiger partial charge in [0.15, 0.2) is 0 Å². The molecule has 1 aliphatic heterocycles. The number of amides is 2. The lowest BCUT2D eigenvalue weighted by Gasteiger charge is -2.20. The van der Waals surface area contributed by atoms with Crippen LogP contribution in [0.4, 0.5) is 4.79 Å². The van der Waals surface area contributed by atoms with E-state index < -0.39 is 6.03 Å². The van der Waals surface area contributed by atoms with Gasteiger partial charge < -0.3 is 4.84 Å². The van der Waals surface area contributed by atoms with Crippen LogP contribution in [0, 0.1) is 0 Å². The molecule has 0 radical (unpaired) electrons. The minimum atomic E-state index is -0.441. The molecular weight excluding hydrogens is 198 g/mol. The molecule has 15 heavy (non-hydrogen) atoms. The number of hydrazone groups is 1. The number of nitrogens with zero attached hydrogens (tertiary/aromatic N) is 3. The first-order valence-corrected chi connectivity index (χ1v) is 4.49. The van der Waals surface area contributed by atoms with Crippen molar-refractivity contribution in [3.05, 3.63) is 0 Å². The molecule has 0 unspecified atom stereocenters. The predicted octanol–water partition coefficient (Wildman–Crippen LogP) is 0.0422. The zero-order chi connectivity index (χ0) is 11.5. The number of carbonyl (C=O) groups excluding carboxylic acids is 1. The summed E-state index contributed by atoms with van der Waals surface area (Å²) in [5, 5.41) is 8.49. The molecule has 0 aromatic rings. The van der Waals surface area contributed by atoms with Crippen LogP contribution in [-0.4, -0.2) is 35.1 Å². The van der Waals surface area contributed by atoms with Crippen LogP contribution in [0.5, 0.6) is 0 Å². The van der Waals surface area contributed by atoms with Gasteiger partial charge in [0.05, 0.1) is 12.8 Å². The number of nitrogens with one attached hydrogen (secondary N) is 1. The van der Waals surface area contributed by atoms with Gasteiger partial charge in [-0.1, -0.05) is 5.16 Å². The van der Waals surface area contributed by atoms with Crippen LogP contribution in [0.15, 0.2) is 10.3 Å². The normalized spacial score (nSPS) is 17.7. The van der Waals surface area contributed by atoms with Gasteiger partial charge in [0.25, 0.3) is 0 Å². The van der Waals surface area contributed by atoms with E-state index in [1.54, 1.807) is 0 Å². The summed E-state index contributed by atoms with van der Waals surface area (Å²) < 4.78 is 0. The molecule has 0 aromatic heterocycles. The van der Waals surface area contributed by atoms with E-state index in [0.717, 1.165) is 5.01 Å². The molecule has 2 amide bonds. The van der Waals surface area contributed by atoms with Gasteiger partial charge in [-0.05, 0) is 20.8 Å². The number of urea groups is 1. The Morgan fingerprint density at radius 2 is 2.33 bits per heavy atom. The molecule has 0 fully saturated rings. The maximum absolute atomic E-state index is 10.9. The predicted molar refractivity (Wildman–Crippen MR) is 56.2 cm³/mol. The highest BCUT2D eigenvalue weighted by Crippen LogP contribution is 2.06. The first-order chi connectivity index (χ1) is 6.88. The average molecular weight is 213 g/mol. The number of oxime groups is 1. The summed E-state index contributed by atoms with van der Waals surface area (Å²) >= 11 is 0. The fraction of sp³-hybridized carbons (Fsp3) is 0.625. The second kappa shape index (κ2) is 4.26. The van der Waals surface area contributed by atoms with Gasteiger partial charge in [-0.25, -0.2) is 16.1 Å². The average Bonchev–Trinajstić information content (AvgIpc) is 2.09. The molecule has 1 rings (SSSR count). The van der Waals surface area contributed by atoms with Crippen molar-refractivity contribution in [2.75, 3.05) is 6.54 Å². The fourth-order valence-corrected chi connectivity index (χ4v) is 0.781. The minimum absolute atomic E-state index is 0.211. The first-order valence-electron chi connectivity index (χ1n) is 4.49. The molecule has 0 spiro atoms. The Balaban J connectivity index is 2.50. The van der Waals surface area contributed by atoms with E-state index in [0.29, 0.717) is 5.71 Å². The van der Waals surface area contributed by atoms with E-state index in [9.17, 15) is 4.79 Å². The Morgan fingerprint density at radius 3 is 2.87 bits per heavy atom. The summed E-state index contributed by atoms with van der Waals surface area (Å²) in [7, 11) is 0. The van der Waals surface area contributed by atoms with Crippen molar-refractivity contribution in [1.82, 2.24) is 10.4 Å². The fourth-order valence-electron chi connectivity index (χ4n) is 0.781. The molecular formula is C8H15N5O2. The number of nitrogens with two attached hydrogens (primary N) is 1. The standard InChI is InChI=1S/C8H15N5O2/c1-8(2,3)15-10-4-6-5-13(9)7(14)12-11-6/h4H,5,9H2,1-3H3,(H,12,14)/b10-4+. The highest BCUT2D eigenvalue weighted by Gasteiger charge is 2.16. The SMILES string of the molecule is CC(C)(C)O/N=C/C1=NNC(=O)N(N)C1. The lowest BCUT2D eigenvalue weighted by Crippen LogP contribution is -2.50.